The molecule has 0 saturated carbocycles. The molecule has 0 bridgehead atoms. The molecule has 0 atom stereocenters. The molecule has 0 saturated heterocycles. The summed E-state index contributed by atoms with van der Waals surface area (Å²) in [6, 6.07) is 0. The summed E-state index contributed by atoms with van der Waals surface area (Å²) in [5, 5.41) is 0. The van der Waals surface area contributed by atoms with E-state index in [1.807, 2.05) is 0 Å². The Bertz CT molecular complexity index is 63.9. The van der Waals surface area contributed by atoms with Crippen LogP contribution in [-0.2, 0) is 4.57 Å². The maximum Gasteiger partial charge on any atom is 1.00 e. The molecular weight excluding hydrogens is 193 g/mol. The van der Waals surface area contributed by atoms with Crippen LogP contribution in [0.4, 0.5) is 0 Å². The van der Waals surface area contributed by atoms with Gasteiger partial charge in [0.15, 0.2) is 17.4 Å². The second kappa shape index (κ2) is 12.8. The van der Waals surface area contributed by atoms with Gasteiger partial charge in [-0.25, -0.2) is 4.57 Å². The molecule has 6 nitrogen and oxygen atoms in total. The van der Waals surface area contributed by atoms with Crippen molar-refractivity contribution in [2.24, 2.45) is 0 Å². The summed E-state index contributed by atoms with van der Waals surface area (Å²) in [7, 11) is -4.64. The van der Waals surface area contributed by atoms with E-state index in [1.54, 1.807) is 0 Å². The minimum Gasteiger partial charge on any atom is -1.00 e. The average molecular weight is 204 g/mol. The van der Waals surface area contributed by atoms with Crippen LogP contribution in [-0.4, -0.2) is 43.0 Å². The van der Waals surface area contributed by atoms with Gasteiger partial charge in [-0.3, -0.25) is 0 Å². The van der Waals surface area contributed by atoms with Gasteiger partial charge < -0.3 is 27.1 Å². The maximum atomic E-state index is 8.88. The summed E-state index contributed by atoms with van der Waals surface area (Å²) < 4.78 is 8.88. The SMILES string of the molecule is O.O.O=P(O)(O)O.[AlH3].[H-].[K+]. The quantitative estimate of drug-likeness (QED) is 0.266. The molecule has 0 aliphatic carbocycles. The maximum absolute atomic E-state index is 8.88. The summed E-state index contributed by atoms with van der Waals surface area (Å²) in [5.74, 6) is 0. The Hall–Kier alpha value is 2.20. The molecule has 9 heteroatoms. The predicted octanol–water partition coefficient (Wildman–Crippen LogP) is -6.65. The van der Waals surface area contributed by atoms with Gasteiger partial charge in [-0.15, -0.1) is 0 Å². The Morgan fingerprint density at radius 3 is 1.11 bits per heavy atom. The molecule has 0 aromatic heterocycles. The van der Waals surface area contributed by atoms with Gasteiger partial charge in [-0.1, -0.05) is 0 Å². The van der Waals surface area contributed by atoms with Crippen molar-refractivity contribution < 1.29 is 83.0 Å². The molecule has 9 heavy (non-hydrogen) atoms. The molecule has 7 N–H and O–H groups in total. The van der Waals surface area contributed by atoms with Crippen molar-refractivity contribution in [3.63, 3.8) is 0 Å². The summed E-state index contributed by atoms with van der Waals surface area (Å²) >= 11 is 0. The normalized spacial score (nSPS) is 6.56. The van der Waals surface area contributed by atoms with Gasteiger partial charge in [0.2, 0.25) is 0 Å². The van der Waals surface area contributed by atoms with Gasteiger partial charge in [-0.05, 0) is 0 Å². The summed E-state index contributed by atoms with van der Waals surface area (Å²) in [6.45, 7) is 0. The molecule has 0 aromatic rings. The van der Waals surface area contributed by atoms with Crippen LogP contribution in [0.1, 0.15) is 1.43 Å². The van der Waals surface area contributed by atoms with E-state index < -0.39 is 7.82 Å². The molecule has 0 aromatic carbocycles. The Kier molecular flexibility index (Phi) is 43.2. The van der Waals surface area contributed by atoms with Crippen LogP contribution in [0.15, 0.2) is 0 Å². The Morgan fingerprint density at radius 1 is 1.11 bits per heavy atom. The molecule has 0 heterocycles. The Morgan fingerprint density at radius 2 is 1.11 bits per heavy atom. The number of phosphoric acid groups is 1. The minimum atomic E-state index is -4.64. The second-order valence-corrected chi connectivity index (χ2v) is 1.54. The Labute approximate surface area is 107 Å². The van der Waals surface area contributed by atoms with Crippen molar-refractivity contribution in [2.45, 2.75) is 0 Å². The summed E-state index contributed by atoms with van der Waals surface area (Å²) in [6.07, 6.45) is 0. The minimum absolute atomic E-state index is 0. The van der Waals surface area contributed by atoms with E-state index in [0.29, 0.717) is 0 Å². The van der Waals surface area contributed by atoms with Crippen molar-refractivity contribution in [1.29, 1.82) is 0 Å². The smallest absolute Gasteiger partial charge is 1.00 e. The zero-order valence-corrected chi connectivity index (χ0v) is 8.21. The molecule has 0 rings (SSSR count). The van der Waals surface area contributed by atoms with Gasteiger partial charge in [-0.2, -0.15) is 0 Å². The standard InChI is InChI=1S/Al.K.H3O4P.2H2O.4H/c;;1-5(2,3)4;;;;;;/h;;(H3,1,2,3,4);2*1H2;;;;/q;+1;;;;;;;-1. The topological polar surface area (TPSA) is 141 Å². The van der Waals surface area contributed by atoms with Crippen molar-refractivity contribution >= 4 is 25.2 Å². The summed E-state index contributed by atoms with van der Waals surface area (Å²) in [5.41, 5.74) is 0. The first-order chi connectivity index (χ1) is 2.00. The number of hydrogen-bond donors (Lipinski definition) is 3. The van der Waals surface area contributed by atoms with Crippen LogP contribution in [0, 0.1) is 0 Å². The first kappa shape index (κ1) is 30.3. The molecule has 0 aliphatic rings. The third-order valence-electron chi connectivity index (χ3n) is 0. The van der Waals surface area contributed by atoms with Crippen molar-refractivity contribution in [2.75, 3.05) is 0 Å². The van der Waals surface area contributed by atoms with Crippen LogP contribution < -0.4 is 51.4 Å². The predicted molar refractivity (Wildman–Crippen MR) is 32.5 cm³/mol. The van der Waals surface area contributed by atoms with E-state index >= 15 is 0 Å². The molecule has 0 radical (unpaired) electrons. The third-order valence-corrected chi connectivity index (χ3v) is 0. The largest absolute Gasteiger partial charge is 1.00 e. The second-order valence-electron chi connectivity index (χ2n) is 0.513. The number of rotatable bonds is 0. The zero-order chi connectivity index (χ0) is 4.50. The third kappa shape index (κ3) is 142. The van der Waals surface area contributed by atoms with Gasteiger partial charge in [0.1, 0.15) is 0 Å². The van der Waals surface area contributed by atoms with E-state index in [1.165, 1.54) is 0 Å². The molecule has 0 fully saturated rings. The molecule has 0 unspecified atom stereocenters. The number of hydrogen-bond acceptors (Lipinski definition) is 1. The van der Waals surface area contributed by atoms with Crippen LogP contribution in [0.25, 0.3) is 0 Å². The Balaban J connectivity index is -0.00000000800. The van der Waals surface area contributed by atoms with Gasteiger partial charge >= 0.3 is 59.2 Å². The van der Waals surface area contributed by atoms with E-state index in [2.05, 4.69) is 0 Å². The fourth-order valence-corrected chi connectivity index (χ4v) is 0. The van der Waals surface area contributed by atoms with E-state index in [4.69, 9.17) is 19.2 Å². The van der Waals surface area contributed by atoms with Crippen molar-refractivity contribution in [3.05, 3.63) is 0 Å². The van der Waals surface area contributed by atoms with Gasteiger partial charge in [0.25, 0.3) is 0 Å². The molecule has 0 amide bonds. The van der Waals surface area contributed by atoms with Crippen LogP contribution >= 0.6 is 7.82 Å². The van der Waals surface area contributed by atoms with Gasteiger partial charge in [0.05, 0.1) is 0 Å². The molecule has 0 aliphatic heterocycles. The first-order valence-corrected chi connectivity index (χ1v) is 2.35. The zero-order valence-electron chi connectivity index (χ0n) is 5.20. The van der Waals surface area contributed by atoms with E-state index in [-0.39, 0.29) is 81.1 Å². The van der Waals surface area contributed by atoms with Crippen LogP contribution in [0.5, 0.6) is 0 Å². The monoisotopic (exact) mass is 204 g/mol. The van der Waals surface area contributed by atoms with Crippen LogP contribution in [0.2, 0.25) is 0 Å². The summed E-state index contributed by atoms with van der Waals surface area (Å²) in [4.78, 5) is 21.6. The fourth-order valence-electron chi connectivity index (χ4n) is 0. The van der Waals surface area contributed by atoms with E-state index in [0.717, 1.165) is 0 Å². The fraction of sp³-hybridized carbons (Fsp3) is 0. The molecule has 56 valence electrons. The molecule has 0 spiro atoms. The average Bonchev–Trinajstić information content (AvgIpc) is 0.722. The van der Waals surface area contributed by atoms with E-state index in [9.17, 15) is 0 Å². The van der Waals surface area contributed by atoms with Crippen LogP contribution in [0.3, 0.4) is 0 Å². The van der Waals surface area contributed by atoms with Gasteiger partial charge in [0, 0.05) is 0 Å². The first-order valence-electron chi connectivity index (χ1n) is 0.783. The van der Waals surface area contributed by atoms with Crippen molar-refractivity contribution in [3.8, 4) is 0 Å². The molecular formula is H11AlKO6P. The van der Waals surface area contributed by atoms with Crippen molar-refractivity contribution in [1.82, 2.24) is 0 Å².